The topological polar surface area (TPSA) is 15.6 Å². The quantitative estimate of drug-likeness (QED) is 0.597. The summed E-state index contributed by atoms with van der Waals surface area (Å²) in [4.78, 5) is 6.31. The van der Waals surface area contributed by atoms with Gasteiger partial charge in [-0.3, -0.25) is 4.99 Å². The smallest absolute Gasteiger partial charge is 0.0858 e. The summed E-state index contributed by atoms with van der Waals surface area (Å²) in [6.07, 6.45) is 2.41. The van der Waals surface area contributed by atoms with E-state index in [1.165, 1.54) is 24.1 Å². The van der Waals surface area contributed by atoms with Gasteiger partial charge in [0.05, 0.1) is 11.4 Å². The van der Waals surface area contributed by atoms with E-state index in [0.29, 0.717) is 0 Å². The second-order valence-electron chi connectivity index (χ2n) is 3.47. The van der Waals surface area contributed by atoms with Gasteiger partial charge in [-0.2, -0.15) is 0 Å². The van der Waals surface area contributed by atoms with Crippen LogP contribution in [0.15, 0.2) is 23.2 Å². The summed E-state index contributed by atoms with van der Waals surface area (Å²) in [5, 5.41) is 0. The van der Waals surface area contributed by atoms with Crippen LogP contribution in [0.4, 0.5) is 11.4 Å². The van der Waals surface area contributed by atoms with E-state index in [9.17, 15) is 0 Å². The maximum Gasteiger partial charge on any atom is 0.0858 e. The van der Waals surface area contributed by atoms with Gasteiger partial charge < -0.3 is 4.90 Å². The van der Waals surface area contributed by atoms with Crippen LogP contribution >= 0.6 is 0 Å². The predicted molar refractivity (Wildman–Crippen MR) is 57.2 cm³/mol. The molecule has 0 amide bonds. The van der Waals surface area contributed by atoms with Crippen molar-refractivity contribution in [1.82, 2.24) is 0 Å². The minimum atomic E-state index is 1.01. The van der Waals surface area contributed by atoms with E-state index in [1.54, 1.807) is 0 Å². The molecule has 2 rings (SSSR count). The van der Waals surface area contributed by atoms with Crippen molar-refractivity contribution in [3.05, 3.63) is 23.8 Å². The number of hydrogen-bond donors (Lipinski definition) is 0. The second kappa shape index (κ2) is 3.21. The van der Waals surface area contributed by atoms with Gasteiger partial charge in [0.2, 0.25) is 0 Å². The number of fused-ring (bicyclic) bond motifs is 1. The summed E-state index contributed by atoms with van der Waals surface area (Å²) in [6, 6.07) is 6.26. The van der Waals surface area contributed by atoms with Gasteiger partial charge in [0.1, 0.15) is 0 Å². The van der Waals surface area contributed by atoms with Crippen molar-refractivity contribution < 1.29 is 0 Å². The Labute approximate surface area is 78.9 Å². The molecular weight excluding hydrogens is 160 g/mol. The molecular formula is C11H14N2. The van der Waals surface area contributed by atoms with Crippen LogP contribution in [0.5, 0.6) is 0 Å². The standard InChI is InChI=1S/C11H14N2/c1-12-10-7-3-5-9-6-4-8-13(2)11(9)10/h3,5,7H,1,4,6,8H2,2H3. The number of anilines is 1. The highest BCUT2D eigenvalue weighted by Gasteiger charge is 2.15. The third-order valence-corrected chi connectivity index (χ3v) is 2.59. The lowest BCUT2D eigenvalue weighted by Gasteiger charge is -2.28. The van der Waals surface area contributed by atoms with Crippen molar-refractivity contribution >= 4 is 18.1 Å². The van der Waals surface area contributed by atoms with Gasteiger partial charge in [0, 0.05) is 13.6 Å². The first-order valence-electron chi connectivity index (χ1n) is 4.62. The Hall–Kier alpha value is -1.31. The molecule has 0 unspecified atom stereocenters. The molecule has 2 nitrogen and oxygen atoms in total. The molecule has 1 aliphatic rings. The number of hydrogen-bond acceptors (Lipinski definition) is 2. The third-order valence-electron chi connectivity index (χ3n) is 2.59. The number of para-hydroxylation sites is 1. The molecule has 0 saturated heterocycles. The Kier molecular flexibility index (Phi) is 2.05. The molecule has 2 heteroatoms. The third kappa shape index (κ3) is 1.32. The van der Waals surface area contributed by atoms with Gasteiger partial charge in [-0.15, -0.1) is 0 Å². The zero-order valence-electron chi connectivity index (χ0n) is 7.95. The summed E-state index contributed by atoms with van der Waals surface area (Å²) in [7, 11) is 2.12. The first kappa shape index (κ1) is 8.30. The molecule has 1 aromatic rings. The molecule has 0 saturated carbocycles. The minimum absolute atomic E-state index is 1.01. The largest absolute Gasteiger partial charge is 0.373 e. The van der Waals surface area contributed by atoms with Gasteiger partial charge in [0.15, 0.2) is 0 Å². The molecule has 0 bridgehead atoms. The molecule has 0 radical (unpaired) electrons. The highest BCUT2D eigenvalue weighted by atomic mass is 15.1. The first-order chi connectivity index (χ1) is 6.33. The number of aliphatic imine (C=N–C) groups is 1. The number of benzene rings is 1. The maximum atomic E-state index is 4.04. The zero-order valence-corrected chi connectivity index (χ0v) is 7.95. The van der Waals surface area contributed by atoms with E-state index in [2.05, 4.69) is 35.8 Å². The van der Waals surface area contributed by atoms with E-state index < -0.39 is 0 Å². The fourth-order valence-corrected chi connectivity index (χ4v) is 1.97. The predicted octanol–water partition coefficient (Wildman–Crippen LogP) is 2.40. The summed E-state index contributed by atoms with van der Waals surface area (Å²) in [6.45, 7) is 4.72. The molecule has 0 aliphatic carbocycles. The van der Waals surface area contributed by atoms with Crippen LogP contribution in [-0.4, -0.2) is 20.3 Å². The Morgan fingerprint density at radius 1 is 1.46 bits per heavy atom. The SMILES string of the molecule is C=Nc1cccc2c1N(C)CCC2. The average Bonchev–Trinajstić information content (AvgIpc) is 2.17. The molecule has 13 heavy (non-hydrogen) atoms. The van der Waals surface area contributed by atoms with Crippen LogP contribution < -0.4 is 4.90 Å². The Morgan fingerprint density at radius 3 is 3.08 bits per heavy atom. The van der Waals surface area contributed by atoms with Gasteiger partial charge in [-0.25, -0.2) is 0 Å². The highest BCUT2D eigenvalue weighted by molar-refractivity contribution is 5.73. The van der Waals surface area contributed by atoms with Crippen molar-refractivity contribution in [1.29, 1.82) is 0 Å². The molecule has 0 atom stereocenters. The van der Waals surface area contributed by atoms with E-state index in [-0.39, 0.29) is 0 Å². The van der Waals surface area contributed by atoms with Crippen molar-refractivity contribution in [3.8, 4) is 0 Å². The van der Waals surface area contributed by atoms with Crippen molar-refractivity contribution in [3.63, 3.8) is 0 Å². The lowest BCUT2D eigenvalue weighted by molar-refractivity contribution is 0.745. The monoisotopic (exact) mass is 174 g/mol. The van der Waals surface area contributed by atoms with Gasteiger partial charge in [-0.1, -0.05) is 12.1 Å². The Balaban J connectivity index is 2.56. The van der Waals surface area contributed by atoms with Crippen LogP contribution in [0.1, 0.15) is 12.0 Å². The zero-order chi connectivity index (χ0) is 9.26. The molecule has 1 heterocycles. The van der Waals surface area contributed by atoms with Crippen molar-refractivity contribution in [2.45, 2.75) is 12.8 Å². The molecule has 0 spiro atoms. The average molecular weight is 174 g/mol. The number of aryl methyl sites for hydroxylation is 1. The Morgan fingerprint density at radius 2 is 2.31 bits per heavy atom. The van der Waals surface area contributed by atoms with E-state index in [0.717, 1.165) is 12.2 Å². The second-order valence-corrected chi connectivity index (χ2v) is 3.47. The molecule has 0 fully saturated rings. The van der Waals surface area contributed by atoms with E-state index in [4.69, 9.17) is 0 Å². The first-order valence-corrected chi connectivity index (χ1v) is 4.62. The minimum Gasteiger partial charge on any atom is -0.373 e. The van der Waals surface area contributed by atoms with E-state index >= 15 is 0 Å². The molecule has 68 valence electrons. The number of nitrogens with zero attached hydrogens (tertiary/aromatic N) is 2. The van der Waals surface area contributed by atoms with Crippen LogP contribution in [-0.2, 0) is 6.42 Å². The normalized spacial score (nSPS) is 15.3. The van der Waals surface area contributed by atoms with Crippen LogP contribution in [0.3, 0.4) is 0 Å². The van der Waals surface area contributed by atoms with Crippen LogP contribution in [0.2, 0.25) is 0 Å². The highest BCUT2D eigenvalue weighted by Crippen LogP contribution is 2.34. The lowest BCUT2D eigenvalue weighted by atomic mass is 10.0. The van der Waals surface area contributed by atoms with E-state index in [1.807, 2.05) is 6.07 Å². The van der Waals surface area contributed by atoms with Crippen molar-refractivity contribution in [2.24, 2.45) is 4.99 Å². The fraction of sp³-hybridized carbons (Fsp3) is 0.364. The summed E-state index contributed by atoms with van der Waals surface area (Å²) in [5.74, 6) is 0. The van der Waals surface area contributed by atoms with Gasteiger partial charge >= 0.3 is 0 Å². The molecule has 1 aliphatic heterocycles. The van der Waals surface area contributed by atoms with Gasteiger partial charge in [-0.05, 0) is 31.2 Å². The molecule has 0 N–H and O–H groups in total. The van der Waals surface area contributed by atoms with Crippen LogP contribution in [0, 0.1) is 0 Å². The summed E-state index contributed by atoms with van der Waals surface area (Å²) in [5.41, 5.74) is 3.68. The summed E-state index contributed by atoms with van der Waals surface area (Å²) >= 11 is 0. The van der Waals surface area contributed by atoms with Crippen molar-refractivity contribution in [2.75, 3.05) is 18.5 Å². The fourth-order valence-electron chi connectivity index (χ4n) is 1.97. The maximum absolute atomic E-state index is 4.04. The molecule has 0 aromatic heterocycles. The van der Waals surface area contributed by atoms with Gasteiger partial charge in [0.25, 0.3) is 0 Å². The summed E-state index contributed by atoms with van der Waals surface area (Å²) < 4.78 is 0. The molecule has 1 aromatic carbocycles. The Bertz CT molecular complexity index is 331. The van der Waals surface area contributed by atoms with Crippen LogP contribution in [0.25, 0.3) is 0 Å². The lowest BCUT2D eigenvalue weighted by Crippen LogP contribution is -2.24. The number of rotatable bonds is 1.